The molecule has 4 heterocycles. The monoisotopic (exact) mass is 503 g/mol. The third-order valence-corrected chi connectivity index (χ3v) is 5.99. The molecule has 5 rings (SSSR count). The summed E-state index contributed by atoms with van der Waals surface area (Å²) in [6.07, 6.45) is 1.19. The van der Waals surface area contributed by atoms with E-state index in [1.54, 1.807) is 10.9 Å². The first-order valence-corrected chi connectivity index (χ1v) is 10.9. The number of hydrogen-bond acceptors (Lipinski definition) is 9. The predicted molar refractivity (Wildman–Crippen MR) is 116 cm³/mol. The molecular formula is C21H22BrN5O5. The summed E-state index contributed by atoms with van der Waals surface area (Å²) in [7, 11) is 0. The number of hydrogen-bond donors (Lipinski definition) is 1. The highest BCUT2D eigenvalue weighted by Crippen LogP contribution is 2.43. The first kappa shape index (κ1) is 21.3. The third kappa shape index (κ3) is 3.96. The summed E-state index contributed by atoms with van der Waals surface area (Å²) >= 11 is 3.38. The highest BCUT2D eigenvalue weighted by atomic mass is 79.9. The second-order valence-corrected chi connectivity index (χ2v) is 9.11. The molecule has 0 unspecified atom stereocenters. The molecule has 2 fully saturated rings. The Bertz CT molecular complexity index is 1150. The number of nitrogen functional groups attached to an aromatic ring is 1. The van der Waals surface area contributed by atoms with Crippen LogP contribution in [0.5, 0.6) is 0 Å². The van der Waals surface area contributed by atoms with Crippen LogP contribution in [-0.2, 0) is 30.2 Å². The molecule has 0 aliphatic carbocycles. The van der Waals surface area contributed by atoms with E-state index in [0.29, 0.717) is 11.2 Å². The molecule has 10 nitrogen and oxygen atoms in total. The van der Waals surface area contributed by atoms with Gasteiger partial charge in [-0.1, -0.05) is 28.1 Å². The lowest BCUT2D eigenvalue weighted by Gasteiger charge is -2.24. The van der Waals surface area contributed by atoms with Crippen molar-refractivity contribution in [2.45, 2.75) is 50.6 Å². The zero-order chi connectivity index (χ0) is 22.5. The van der Waals surface area contributed by atoms with Gasteiger partial charge in [0, 0.05) is 4.47 Å². The van der Waals surface area contributed by atoms with Crippen LogP contribution in [0.1, 0.15) is 25.6 Å². The van der Waals surface area contributed by atoms with Crippen LogP contribution < -0.4 is 5.73 Å². The van der Waals surface area contributed by atoms with Crippen LogP contribution in [0, 0.1) is 0 Å². The number of nitrogens with two attached hydrogens (primary N) is 1. The zero-order valence-corrected chi connectivity index (χ0v) is 19.1. The summed E-state index contributed by atoms with van der Waals surface area (Å²) in [5.41, 5.74) is 7.79. The van der Waals surface area contributed by atoms with Crippen molar-refractivity contribution in [3.05, 3.63) is 47.0 Å². The molecule has 2 aliphatic heterocycles. The number of esters is 1. The largest absolute Gasteiger partial charge is 0.463 e. The van der Waals surface area contributed by atoms with E-state index in [9.17, 15) is 4.79 Å². The summed E-state index contributed by atoms with van der Waals surface area (Å²) in [6, 6.07) is 7.51. The minimum absolute atomic E-state index is 0.0379. The minimum atomic E-state index is -0.804. The van der Waals surface area contributed by atoms with Crippen molar-refractivity contribution in [1.82, 2.24) is 19.5 Å². The fourth-order valence-electron chi connectivity index (χ4n) is 4.07. The quantitative estimate of drug-likeness (QED) is 0.522. The lowest BCUT2D eigenvalue weighted by molar-refractivity contribution is -0.202. The minimum Gasteiger partial charge on any atom is -0.463 e. The van der Waals surface area contributed by atoms with Crippen molar-refractivity contribution in [2.75, 3.05) is 12.3 Å². The lowest BCUT2D eigenvalue weighted by atomic mass is 10.1. The second-order valence-electron chi connectivity index (χ2n) is 8.20. The Balaban J connectivity index is 1.32. The van der Waals surface area contributed by atoms with Gasteiger partial charge in [0.05, 0.1) is 12.7 Å². The molecule has 0 spiro atoms. The Morgan fingerprint density at radius 1 is 1.19 bits per heavy atom. The Labute approximate surface area is 192 Å². The van der Waals surface area contributed by atoms with E-state index >= 15 is 0 Å². The van der Waals surface area contributed by atoms with Crippen LogP contribution in [0.4, 0.5) is 5.82 Å². The van der Waals surface area contributed by atoms with E-state index in [1.165, 1.54) is 6.33 Å². The van der Waals surface area contributed by atoms with Crippen molar-refractivity contribution in [3.8, 4) is 0 Å². The van der Waals surface area contributed by atoms with Gasteiger partial charge in [-0.2, -0.15) is 0 Å². The lowest BCUT2D eigenvalue weighted by Crippen LogP contribution is -2.33. The SMILES string of the molecule is CC1(C)O[C@@H]2[C@H](O1)[C@@H](COC(=O)Cc1ccc(Br)cc1)O[C@H]2n1cnc2c(N)ncnc21. The summed E-state index contributed by atoms with van der Waals surface area (Å²) in [6.45, 7) is 3.71. The maximum absolute atomic E-state index is 12.4. The van der Waals surface area contributed by atoms with Crippen molar-refractivity contribution >= 4 is 38.9 Å². The summed E-state index contributed by atoms with van der Waals surface area (Å²) in [5.74, 6) is -0.866. The van der Waals surface area contributed by atoms with Crippen molar-refractivity contribution < 1.29 is 23.7 Å². The van der Waals surface area contributed by atoms with Gasteiger partial charge < -0.3 is 24.7 Å². The molecule has 0 bridgehead atoms. The summed E-state index contributed by atoms with van der Waals surface area (Å²) in [4.78, 5) is 25.0. The second kappa shape index (κ2) is 8.07. The average molecular weight is 504 g/mol. The number of halogens is 1. The van der Waals surface area contributed by atoms with Gasteiger partial charge in [0.2, 0.25) is 0 Å². The number of rotatable bonds is 5. The van der Waals surface area contributed by atoms with Gasteiger partial charge in [0.1, 0.15) is 36.8 Å². The topological polar surface area (TPSA) is 124 Å². The number of anilines is 1. The first-order valence-electron chi connectivity index (χ1n) is 10.1. The van der Waals surface area contributed by atoms with Gasteiger partial charge >= 0.3 is 5.97 Å². The Hall–Kier alpha value is -2.60. The molecule has 0 amide bonds. The maximum Gasteiger partial charge on any atom is 0.310 e. The first-order chi connectivity index (χ1) is 15.3. The highest BCUT2D eigenvalue weighted by Gasteiger charge is 2.56. The maximum atomic E-state index is 12.4. The molecule has 2 aromatic heterocycles. The van der Waals surface area contributed by atoms with Crippen LogP contribution in [-0.4, -0.2) is 56.2 Å². The van der Waals surface area contributed by atoms with E-state index in [4.69, 9.17) is 24.7 Å². The van der Waals surface area contributed by atoms with E-state index in [1.807, 2.05) is 38.1 Å². The van der Waals surface area contributed by atoms with Gasteiger partial charge in [0.15, 0.2) is 23.5 Å². The normalized spacial score (nSPS) is 26.3. The molecule has 32 heavy (non-hydrogen) atoms. The van der Waals surface area contributed by atoms with Crippen LogP contribution in [0.2, 0.25) is 0 Å². The fraction of sp³-hybridized carbons (Fsp3) is 0.429. The van der Waals surface area contributed by atoms with E-state index in [0.717, 1.165) is 10.0 Å². The number of benzene rings is 1. The molecule has 2 aliphatic rings. The number of carbonyl (C=O) groups excluding carboxylic acids is 1. The van der Waals surface area contributed by atoms with Crippen molar-refractivity contribution in [2.24, 2.45) is 0 Å². The highest BCUT2D eigenvalue weighted by molar-refractivity contribution is 9.10. The molecule has 1 aromatic carbocycles. The molecule has 168 valence electrons. The molecule has 0 saturated carbocycles. The average Bonchev–Trinajstić information content (AvgIpc) is 3.40. The number of aromatic nitrogens is 4. The smallest absolute Gasteiger partial charge is 0.310 e. The van der Waals surface area contributed by atoms with Crippen molar-refractivity contribution in [1.29, 1.82) is 0 Å². The summed E-state index contributed by atoms with van der Waals surface area (Å²) in [5, 5.41) is 0. The van der Waals surface area contributed by atoms with Crippen LogP contribution in [0.25, 0.3) is 11.2 Å². The Morgan fingerprint density at radius 3 is 2.72 bits per heavy atom. The Kier molecular flexibility index (Phi) is 5.36. The van der Waals surface area contributed by atoms with Gasteiger partial charge in [-0.05, 0) is 31.5 Å². The molecule has 2 saturated heterocycles. The van der Waals surface area contributed by atoms with E-state index < -0.39 is 30.3 Å². The number of carbonyl (C=O) groups is 1. The molecule has 2 N–H and O–H groups in total. The fourth-order valence-corrected chi connectivity index (χ4v) is 4.33. The van der Waals surface area contributed by atoms with Gasteiger partial charge in [0.25, 0.3) is 0 Å². The molecule has 0 radical (unpaired) electrons. The van der Waals surface area contributed by atoms with Gasteiger partial charge in [-0.25, -0.2) is 15.0 Å². The Morgan fingerprint density at radius 2 is 1.94 bits per heavy atom. The third-order valence-electron chi connectivity index (χ3n) is 5.46. The number of imidazole rings is 1. The standard InChI is InChI=1S/C21H22BrN5O5/c1-21(2)31-16-13(8-29-14(28)7-11-3-5-12(22)6-4-11)30-20(17(16)32-21)27-10-26-15-18(23)24-9-25-19(15)27/h3-6,9-10,13,16-17,20H,7-8H2,1-2H3,(H2,23,24,25)/t13-,16-,17-,20-/m1/s1. The van der Waals surface area contributed by atoms with Crippen molar-refractivity contribution in [3.63, 3.8) is 0 Å². The van der Waals surface area contributed by atoms with E-state index in [2.05, 4.69) is 30.9 Å². The van der Waals surface area contributed by atoms with Crippen LogP contribution in [0.3, 0.4) is 0 Å². The van der Waals surface area contributed by atoms with Crippen LogP contribution in [0.15, 0.2) is 41.4 Å². The van der Waals surface area contributed by atoms with Gasteiger partial charge in [-0.15, -0.1) is 0 Å². The van der Waals surface area contributed by atoms with Crippen LogP contribution >= 0.6 is 15.9 Å². The van der Waals surface area contributed by atoms with E-state index in [-0.39, 0.29) is 24.8 Å². The zero-order valence-electron chi connectivity index (χ0n) is 17.5. The predicted octanol–water partition coefficient (Wildman–Crippen LogP) is 2.37. The number of nitrogens with zero attached hydrogens (tertiary/aromatic N) is 4. The molecule has 3 aromatic rings. The molecule has 11 heteroatoms. The molecular weight excluding hydrogens is 482 g/mol. The molecule has 4 atom stereocenters. The number of ether oxygens (including phenoxy) is 4. The van der Waals surface area contributed by atoms with Gasteiger partial charge in [-0.3, -0.25) is 9.36 Å². The summed E-state index contributed by atoms with van der Waals surface area (Å²) < 4.78 is 26.6. The number of fused-ring (bicyclic) bond motifs is 2.